The van der Waals surface area contributed by atoms with Gasteiger partial charge < -0.3 is 33.2 Å². The molecular formula is C27H34N2O11. The molecule has 1 aliphatic rings. The lowest BCUT2D eigenvalue weighted by molar-refractivity contribution is -0.289. The molecule has 0 bridgehead atoms. The van der Waals surface area contributed by atoms with Gasteiger partial charge in [0.05, 0.1) is 7.11 Å². The number of carbonyl (C=O) groups is 4. The van der Waals surface area contributed by atoms with E-state index in [2.05, 4.69) is 5.10 Å². The molecule has 0 aliphatic carbocycles. The second-order valence-corrected chi connectivity index (χ2v) is 9.20. The Morgan fingerprint density at radius 3 is 2.00 bits per heavy atom. The van der Waals surface area contributed by atoms with Crippen molar-refractivity contribution in [1.82, 2.24) is 9.78 Å². The molecule has 2 heterocycles. The van der Waals surface area contributed by atoms with Gasteiger partial charge in [-0.3, -0.25) is 23.9 Å². The Kier molecular flexibility index (Phi) is 10.1. The molecule has 3 rings (SSSR count). The van der Waals surface area contributed by atoms with Gasteiger partial charge in [0.1, 0.15) is 18.5 Å². The van der Waals surface area contributed by atoms with Gasteiger partial charge in [0.15, 0.2) is 12.2 Å². The Hall–Kier alpha value is -4.13. The summed E-state index contributed by atoms with van der Waals surface area (Å²) in [7, 11) is 3.33. The predicted molar refractivity (Wildman–Crippen MR) is 136 cm³/mol. The van der Waals surface area contributed by atoms with Gasteiger partial charge in [-0.25, -0.2) is 0 Å². The molecule has 1 aliphatic heterocycles. The number of ether oxygens (including phenoxy) is 7. The minimum absolute atomic E-state index is 0.178. The summed E-state index contributed by atoms with van der Waals surface area (Å²) >= 11 is 0. The number of hydrogen-bond acceptors (Lipinski definition) is 12. The molecule has 218 valence electrons. The van der Waals surface area contributed by atoms with Gasteiger partial charge in [-0.15, -0.1) is 5.10 Å². The third kappa shape index (κ3) is 7.72. The van der Waals surface area contributed by atoms with Crippen LogP contribution in [0.25, 0.3) is 0 Å². The Balaban J connectivity index is 2.01. The first kappa shape index (κ1) is 30.4. The minimum Gasteiger partial charge on any atom is -0.497 e. The first-order chi connectivity index (χ1) is 18.9. The van der Waals surface area contributed by atoms with Gasteiger partial charge in [0.2, 0.25) is 18.3 Å². The molecule has 0 amide bonds. The normalized spacial score (nSPS) is 22.1. The second-order valence-electron chi connectivity index (χ2n) is 9.20. The highest BCUT2D eigenvalue weighted by Gasteiger charge is 2.53. The van der Waals surface area contributed by atoms with Crippen LogP contribution in [0.5, 0.6) is 11.6 Å². The van der Waals surface area contributed by atoms with Crippen molar-refractivity contribution in [3.63, 3.8) is 0 Å². The molecule has 13 nitrogen and oxygen atoms in total. The fraction of sp³-hybridized carbons (Fsp3) is 0.519. The number of benzene rings is 1. The summed E-state index contributed by atoms with van der Waals surface area (Å²) in [6.07, 6.45) is -6.08. The lowest BCUT2D eigenvalue weighted by atomic mass is 9.98. The zero-order valence-corrected chi connectivity index (χ0v) is 23.5. The maximum Gasteiger partial charge on any atom is 0.303 e. The highest BCUT2D eigenvalue weighted by molar-refractivity contribution is 5.68. The third-order valence-corrected chi connectivity index (χ3v) is 6.14. The van der Waals surface area contributed by atoms with Crippen LogP contribution >= 0.6 is 0 Å². The number of esters is 4. The van der Waals surface area contributed by atoms with Gasteiger partial charge in [-0.05, 0) is 24.6 Å². The monoisotopic (exact) mass is 562 g/mol. The van der Waals surface area contributed by atoms with E-state index in [1.807, 2.05) is 31.2 Å². The fourth-order valence-electron chi connectivity index (χ4n) is 4.26. The molecule has 1 unspecified atom stereocenters. The first-order valence-corrected chi connectivity index (χ1v) is 12.5. The second kappa shape index (κ2) is 13.3. The van der Waals surface area contributed by atoms with Crippen LogP contribution in [0.3, 0.4) is 0 Å². The summed E-state index contributed by atoms with van der Waals surface area (Å²) in [4.78, 5) is 47.7. The summed E-state index contributed by atoms with van der Waals surface area (Å²) < 4.78 is 40.6. The fourth-order valence-corrected chi connectivity index (χ4v) is 4.26. The van der Waals surface area contributed by atoms with E-state index in [4.69, 9.17) is 33.2 Å². The van der Waals surface area contributed by atoms with Crippen LogP contribution in [0.15, 0.2) is 24.3 Å². The molecule has 0 radical (unpaired) electrons. The Morgan fingerprint density at radius 2 is 1.45 bits per heavy atom. The highest BCUT2D eigenvalue weighted by Crippen LogP contribution is 2.33. The smallest absolute Gasteiger partial charge is 0.303 e. The van der Waals surface area contributed by atoms with Crippen molar-refractivity contribution < 1.29 is 52.3 Å². The molecular weight excluding hydrogens is 528 g/mol. The first-order valence-electron chi connectivity index (χ1n) is 12.5. The van der Waals surface area contributed by atoms with Gasteiger partial charge in [0.25, 0.3) is 0 Å². The summed E-state index contributed by atoms with van der Waals surface area (Å²) in [5.74, 6) is -1.91. The van der Waals surface area contributed by atoms with E-state index in [1.54, 1.807) is 18.8 Å². The molecule has 5 atom stereocenters. The summed E-state index contributed by atoms with van der Waals surface area (Å²) in [6, 6.07) is 7.48. The average Bonchev–Trinajstić information content (AvgIpc) is 3.13. The summed E-state index contributed by atoms with van der Waals surface area (Å²) in [5, 5.41) is 4.47. The van der Waals surface area contributed by atoms with Gasteiger partial charge in [-0.1, -0.05) is 12.1 Å². The highest BCUT2D eigenvalue weighted by atomic mass is 16.7. The van der Waals surface area contributed by atoms with E-state index >= 15 is 0 Å². The van der Waals surface area contributed by atoms with Crippen molar-refractivity contribution in [3.8, 4) is 11.6 Å². The van der Waals surface area contributed by atoms with E-state index in [-0.39, 0.29) is 12.5 Å². The van der Waals surface area contributed by atoms with Crippen LogP contribution in [0.4, 0.5) is 0 Å². The Labute approximate surface area is 231 Å². The number of aromatic nitrogens is 2. The van der Waals surface area contributed by atoms with E-state index in [9.17, 15) is 19.2 Å². The van der Waals surface area contributed by atoms with Crippen molar-refractivity contribution in [3.05, 3.63) is 41.1 Å². The number of carbonyl (C=O) groups excluding carboxylic acids is 4. The lowest BCUT2D eigenvalue weighted by Crippen LogP contribution is -2.63. The molecule has 0 spiro atoms. The molecule has 1 saturated heterocycles. The summed E-state index contributed by atoms with van der Waals surface area (Å²) in [6.45, 7) is 6.17. The van der Waals surface area contributed by atoms with E-state index in [0.717, 1.165) is 37.6 Å². The quantitative estimate of drug-likeness (QED) is 0.307. The van der Waals surface area contributed by atoms with Crippen molar-refractivity contribution in [2.45, 2.75) is 71.7 Å². The maximum atomic E-state index is 12.1. The molecule has 1 aromatic heterocycles. The van der Waals surface area contributed by atoms with E-state index < -0.39 is 54.6 Å². The van der Waals surface area contributed by atoms with Crippen molar-refractivity contribution in [1.29, 1.82) is 0 Å². The minimum atomic E-state index is -1.38. The average molecular weight is 563 g/mol. The van der Waals surface area contributed by atoms with E-state index in [0.29, 0.717) is 12.2 Å². The molecule has 0 N–H and O–H groups in total. The van der Waals surface area contributed by atoms with E-state index in [1.165, 1.54) is 6.92 Å². The van der Waals surface area contributed by atoms with Crippen molar-refractivity contribution in [2.75, 3.05) is 13.7 Å². The van der Waals surface area contributed by atoms with Gasteiger partial charge in [0, 0.05) is 52.4 Å². The summed E-state index contributed by atoms with van der Waals surface area (Å²) in [5.41, 5.74) is 2.47. The van der Waals surface area contributed by atoms with Crippen molar-refractivity contribution in [2.24, 2.45) is 7.05 Å². The molecule has 40 heavy (non-hydrogen) atoms. The number of nitrogens with zero attached hydrogens (tertiary/aromatic N) is 2. The van der Waals surface area contributed by atoms with Crippen LogP contribution in [-0.2, 0) is 56.3 Å². The predicted octanol–water partition coefficient (Wildman–Crippen LogP) is 1.79. The number of aryl methyl sites for hydroxylation is 1. The molecule has 1 fully saturated rings. The lowest BCUT2D eigenvalue weighted by Gasteiger charge is -2.43. The van der Waals surface area contributed by atoms with Crippen LogP contribution in [0.1, 0.15) is 44.5 Å². The third-order valence-electron chi connectivity index (χ3n) is 6.14. The Bertz CT molecular complexity index is 1220. The van der Waals surface area contributed by atoms with Crippen LogP contribution < -0.4 is 9.47 Å². The molecule has 13 heteroatoms. The maximum absolute atomic E-state index is 12.1. The SMILES string of the molecule is COc1ccc(Cc2c(OC3O[C@H](COC(C)=O)[C@@H](OC(C)=O)[C@H](OC(C)=O)[C@H]3OC(C)=O)nn(C)c2C)cc1. The molecule has 1 aromatic carbocycles. The number of hydrogen-bond donors (Lipinski definition) is 0. The van der Waals surface area contributed by atoms with Crippen LogP contribution in [-0.4, -0.2) is 78.1 Å². The standard InChI is InChI=1S/C27H34N2O11/c1-14-21(12-19-8-10-20(34-7)11-9-19)26(28-29(14)6)40-27-25(38-18(5)33)24(37-17(4)32)23(36-16(3)31)22(39-27)13-35-15(2)30/h8-11,22-25,27H,12-13H2,1-7H3/t22-,23-,24+,25-,27?/m1/s1. The zero-order valence-electron chi connectivity index (χ0n) is 23.5. The number of methoxy groups -OCH3 is 1. The van der Waals surface area contributed by atoms with Gasteiger partial charge >= 0.3 is 23.9 Å². The topological polar surface area (TPSA) is 151 Å². The van der Waals surface area contributed by atoms with Crippen molar-refractivity contribution >= 4 is 23.9 Å². The molecule has 0 saturated carbocycles. The van der Waals surface area contributed by atoms with Crippen LogP contribution in [0, 0.1) is 6.92 Å². The van der Waals surface area contributed by atoms with Gasteiger partial charge in [-0.2, -0.15) is 0 Å². The Morgan fingerprint density at radius 1 is 0.875 bits per heavy atom. The molecule has 2 aromatic rings. The largest absolute Gasteiger partial charge is 0.497 e. The number of rotatable bonds is 10. The van der Waals surface area contributed by atoms with Crippen LogP contribution in [0.2, 0.25) is 0 Å². The zero-order chi connectivity index (χ0) is 29.6.